The van der Waals surface area contributed by atoms with Gasteiger partial charge in [0.05, 0.1) is 23.5 Å². The average molecular weight is 223 g/mol. The standard InChI is InChI=1S/C10H13N3O3/c1-13(2-3-14)8-5-7-9(4-6(8)11)16-10(15)12-7/h4-5,14H,2-3,11H2,1H3,(H,12,15). The van der Waals surface area contributed by atoms with Crippen molar-refractivity contribution in [2.75, 3.05) is 30.8 Å². The van der Waals surface area contributed by atoms with E-state index in [0.717, 1.165) is 5.69 Å². The number of benzene rings is 1. The molecule has 6 heteroatoms. The molecule has 0 radical (unpaired) electrons. The van der Waals surface area contributed by atoms with Crippen molar-refractivity contribution in [2.45, 2.75) is 0 Å². The molecule has 16 heavy (non-hydrogen) atoms. The Morgan fingerprint density at radius 2 is 2.31 bits per heavy atom. The lowest BCUT2D eigenvalue weighted by Crippen LogP contribution is -2.22. The maximum absolute atomic E-state index is 11.0. The summed E-state index contributed by atoms with van der Waals surface area (Å²) in [6, 6.07) is 3.32. The van der Waals surface area contributed by atoms with E-state index in [4.69, 9.17) is 15.3 Å². The van der Waals surface area contributed by atoms with Crippen LogP contribution in [-0.2, 0) is 0 Å². The van der Waals surface area contributed by atoms with Crippen molar-refractivity contribution < 1.29 is 9.52 Å². The maximum Gasteiger partial charge on any atom is 0.417 e. The molecule has 1 aromatic heterocycles. The van der Waals surface area contributed by atoms with E-state index in [0.29, 0.717) is 23.3 Å². The Morgan fingerprint density at radius 1 is 1.56 bits per heavy atom. The topological polar surface area (TPSA) is 95.5 Å². The Labute approximate surface area is 91.3 Å². The lowest BCUT2D eigenvalue weighted by Gasteiger charge is -2.19. The molecule has 1 heterocycles. The molecular formula is C10H13N3O3. The minimum absolute atomic E-state index is 0.0376. The van der Waals surface area contributed by atoms with Gasteiger partial charge in [-0.05, 0) is 6.07 Å². The zero-order valence-corrected chi connectivity index (χ0v) is 8.86. The summed E-state index contributed by atoms with van der Waals surface area (Å²) in [6.45, 7) is 0.508. The number of nitrogen functional groups attached to an aromatic ring is 1. The number of aliphatic hydroxyl groups excluding tert-OH is 1. The molecule has 4 N–H and O–H groups in total. The first-order valence-corrected chi connectivity index (χ1v) is 4.86. The SMILES string of the molecule is CN(CCO)c1cc2[nH]c(=O)oc2cc1N. The molecule has 86 valence electrons. The first-order chi connectivity index (χ1) is 7.61. The van der Waals surface area contributed by atoms with Crippen LogP contribution in [0.1, 0.15) is 0 Å². The van der Waals surface area contributed by atoms with E-state index in [9.17, 15) is 4.79 Å². The predicted molar refractivity (Wildman–Crippen MR) is 61.6 cm³/mol. The number of anilines is 2. The predicted octanol–water partition coefficient (Wildman–Crippen LogP) is 0.132. The van der Waals surface area contributed by atoms with Gasteiger partial charge in [-0.3, -0.25) is 4.98 Å². The van der Waals surface area contributed by atoms with E-state index in [1.807, 2.05) is 7.05 Å². The first-order valence-electron chi connectivity index (χ1n) is 4.86. The average Bonchev–Trinajstić information content (AvgIpc) is 2.56. The maximum atomic E-state index is 11.0. The molecule has 0 aliphatic carbocycles. The number of nitrogens with two attached hydrogens (primary N) is 1. The quantitative estimate of drug-likeness (QED) is 0.643. The normalized spacial score (nSPS) is 10.9. The second-order valence-corrected chi connectivity index (χ2v) is 3.57. The minimum Gasteiger partial charge on any atom is -0.408 e. The number of nitrogens with one attached hydrogen (secondary N) is 1. The van der Waals surface area contributed by atoms with Crippen molar-refractivity contribution in [3.63, 3.8) is 0 Å². The summed E-state index contributed by atoms with van der Waals surface area (Å²) in [7, 11) is 1.81. The Morgan fingerprint density at radius 3 is 3.00 bits per heavy atom. The van der Waals surface area contributed by atoms with Gasteiger partial charge in [0.15, 0.2) is 5.58 Å². The van der Waals surface area contributed by atoms with Crippen LogP contribution in [0.3, 0.4) is 0 Å². The monoisotopic (exact) mass is 223 g/mol. The third kappa shape index (κ3) is 1.74. The molecule has 0 saturated carbocycles. The number of likely N-dealkylation sites (N-methyl/N-ethyl adjacent to an activating group) is 1. The van der Waals surface area contributed by atoms with Gasteiger partial charge in [-0.1, -0.05) is 0 Å². The van der Waals surface area contributed by atoms with Gasteiger partial charge in [0.25, 0.3) is 0 Å². The highest BCUT2D eigenvalue weighted by molar-refractivity contribution is 5.85. The molecule has 0 spiro atoms. The van der Waals surface area contributed by atoms with Crippen molar-refractivity contribution >= 4 is 22.5 Å². The van der Waals surface area contributed by atoms with Crippen LogP contribution in [-0.4, -0.2) is 30.3 Å². The first kappa shape index (κ1) is 10.6. The van der Waals surface area contributed by atoms with Crippen molar-refractivity contribution in [3.05, 3.63) is 22.7 Å². The van der Waals surface area contributed by atoms with E-state index < -0.39 is 5.76 Å². The lowest BCUT2D eigenvalue weighted by molar-refractivity contribution is 0.304. The number of oxazole rings is 1. The zero-order valence-electron chi connectivity index (χ0n) is 8.86. The summed E-state index contributed by atoms with van der Waals surface area (Å²) in [6.07, 6.45) is 0. The molecule has 0 aliphatic rings. The van der Waals surface area contributed by atoms with Crippen LogP contribution < -0.4 is 16.4 Å². The number of aromatic amines is 1. The fourth-order valence-corrected chi connectivity index (χ4v) is 1.60. The lowest BCUT2D eigenvalue weighted by atomic mass is 10.2. The van der Waals surface area contributed by atoms with E-state index in [2.05, 4.69) is 4.98 Å². The van der Waals surface area contributed by atoms with Gasteiger partial charge in [-0.15, -0.1) is 0 Å². The van der Waals surface area contributed by atoms with Crippen LogP contribution in [0.5, 0.6) is 0 Å². The molecule has 6 nitrogen and oxygen atoms in total. The smallest absolute Gasteiger partial charge is 0.408 e. The number of aromatic nitrogens is 1. The van der Waals surface area contributed by atoms with Gasteiger partial charge in [-0.2, -0.15) is 0 Å². The van der Waals surface area contributed by atoms with Gasteiger partial charge in [0.2, 0.25) is 0 Å². The van der Waals surface area contributed by atoms with E-state index >= 15 is 0 Å². The molecule has 0 amide bonds. The minimum atomic E-state index is -0.503. The summed E-state index contributed by atoms with van der Waals surface area (Å²) in [5.74, 6) is -0.503. The van der Waals surface area contributed by atoms with Crippen molar-refractivity contribution in [1.82, 2.24) is 4.98 Å². The molecule has 0 saturated heterocycles. The second-order valence-electron chi connectivity index (χ2n) is 3.57. The second kappa shape index (κ2) is 3.90. The third-order valence-electron chi connectivity index (χ3n) is 2.41. The van der Waals surface area contributed by atoms with Gasteiger partial charge in [0, 0.05) is 19.7 Å². The Balaban J connectivity index is 2.52. The summed E-state index contributed by atoms with van der Waals surface area (Å²) >= 11 is 0. The Kier molecular flexibility index (Phi) is 2.57. The number of hydrogen-bond acceptors (Lipinski definition) is 5. The van der Waals surface area contributed by atoms with Crippen molar-refractivity contribution in [3.8, 4) is 0 Å². The fourth-order valence-electron chi connectivity index (χ4n) is 1.60. The fraction of sp³-hybridized carbons (Fsp3) is 0.300. The molecule has 0 bridgehead atoms. The molecule has 0 aliphatic heterocycles. The molecular weight excluding hydrogens is 210 g/mol. The van der Waals surface area contributed by atoms with Crippen molar-refractivity contribution in [1.29, 1.82) is 0 Å². The van der Waals surface area contributed by atoms with Crippen LogP contribution in [0.15, 0.2) is 21.3 Å². The number of rotatable bonds is 3. The number of hydrogen-bond donors (Lipinski definition) is 3. The van der Waals surface area contributed by atoms with Gasteiger partial charge >= 0.3 is 5.76 Å². The third-order valence-corrected chi connectivity index (χ3v) is 2.41. The van der Waals surface area contributed by atoms with E-state index in [-0.39, 0.29) is 6.61 Å². The Bertz CT molecular complexity index is 558. The van der Waals surface area contributed by atoms with E-state index in [1.54, 1.807) is 17.0 Å². The van der Waals surface area contributed by atoms with Crippen LogP contribution in [0.2, 0.25) is 0 Å². The Hall–Kier alpha value is -1.95. The van der Waals surface area contributed by atoms with E-state index in [1.165, 1.54) is 0 Å². The van der Waals surface area contributed by atoms with Gasteiger partial charge < -0.3 is 20.2 Å². The largest absolute Gasteiger partial charge is 0.417 e. The highest BCUT2D eigenvalue weighted by Crippen LogP contribution is 2.26. The number of H-pyrrole nitrogens is 1. The summed E-state index contributed by atoms with van der Waals surface area (Å²) in [5, 5.41) is 8.85. The zero-order chi connectivity index (χ0) is 11.7. The number of aliphatic hydroxyl groups is 1. The molecule has 2 rings (SSSR count). The molecule has 0 unspecified atom stereocenters. The summed E-state index contributed by atoms with van der Waals surface area (Å²) in [4.78, 5) is 15.4. The number of fused-ring (bicyclic) bond motifs is 1. The van der Waals surface area contributed by atoms with Gasteiger partial charge in [0.1, 0.15) is 0 Å². The molecule has 0 atom stereocenters. The molecule has 1 aromatic carbocycles. The highest BCUT2D eigenvalue weighted by atomic mass is 16.4. The van der Waals surface area contributed by atoms with Gasteiger partial charge in [-0.25, -0.2) is 4.79 Å². The van der Waals surface area contributed by atoms with Crippen molar-refractivity contribution in [2.24, 2.45) is 0 Å². The highest BCUT2D eigenvalue weighted by Gasteiger charge is 2.09. The van der Waals surface area contributed by atoms with Crippen LogP contribution >= 0.6 is 0 Å². The van der Waals surface area contributed by atoms with Crippen LogP contribution in [0.4, 0.5) is 11.4 Å². The van der Waals surface area contributed by atoms with Crippen LogP contribution in [0, 0.1) is 0 Å². The summed E-state index contributed by atoms with van der Waals surface area (Å²) in [5.41, 5.74) is 8.11. The molecule has 0 fully saturated rings. The summed E-state index contributed by atoms with van der Waals surface area (Å²) < 4.78 is 4.88. The number of nitrogens with zero attached hydrogens (tertiary/aromatic N) is 1. The molecule has 2 aromatic rings. The van der Waals surface area contributed by atoms with Crippen LogP contribution in [0.25, 0.3) is 11.1 Å².